The summed E-state index contributed by atoms with van der Waals surface area (Å²) in [6.07, 6.45) is 10.9. The highest BCUT2D eigenvalue weighted by Gasteiger charge is 2.46. The molecular weight excluding hydrogens is 949 g/mol. The molecule has 12 nitrogen and oxygen atoms in total. The van der Waals surface area contributed by atoms with Crippen LogP contribution in [0.2, 0.25) is 0 Å². The minimum absolute atomic E-state index is 0.0485. The summed E-state index contributed by atoms with van der Waals surface area (Å²) in [5.74, 6) is 0.631. The molecule has 386 valence electrons. The molecule has 2 fully saturated rings. The number of imidazole rings is 2. The maximum absolute atomic E-state index is 13.2. The summed E-state index contributed by atoms with van der Waals surface area (Å²) in [7, 11) is 0. The Bertz CT molecular complexity index is 3020. The van der Waals surface area contributed by atoms with E-state index in [2.05, 4.69) is 165 Å². The average molecular weight is 1010 g/mol. The smallest absolute Gasteiger partial charge is 0.325 e. The number of piperidine rings is 2. The molecule has 2 saturated heterocycles. The van der Waals surface area contributed by atoms with Crippen molar-refractivity contribution in [2.24, 2.45) is 0 Å². The third-order valence-corrected chi connectivity index (χ3v) is 14.2. The molecule has 0 aliphatic carbocycles. The van der Waals surface area contributed by atoms with Crippen molar-refractivity contribution < 1.29 is 29.0 Å². The van der Waals surface area contributed by atoms with Crippen LogP contribution in [0.15, 0.2) is 218 Å². The van der Waals surface area contributed by atoms with Crippen LogP contribution < -0.4 is 0 Å². The van der Waals surface area contributed by atoms with Crippen LogP contribution >= 0.6 is 0 Å². The standard InChI is InChI=1S/C32H33N3O3.C32H31N3O3/c2*1-2-38-31(37)24-34-21-19-33-30(34)22-25-23-35(20-18-29(25)36)32(26-12-6-3-7-13-26,27-14-8-4-9-15-27)28-16-10-5-11-17-28/h3-17,19,21-22,29,36H,2,18,20,23-24H2,1H3;3-17,19,21-22H,2,18,20,23-24H2,1H3/b2*25-22+. The second-order valence-electron chi connectivity index (χ2n) is 18.8. The van der Waals surface area contributed by atoms with Crippen LogP contribution in [-0.4, -0.2) is 97.2 Å². The molecule has 10 rings (SSSR count). The zero-order valence-corrected chi connectivity index (χ0v) is 43.1. The predicted octanol–water partition coefficient (Wildman–Crippen LogP) is 9.98. The summed E-state index contributed by atoms with van der Waals surface area (Å²) in [4.78, 5) is 51.2. The fourth-order valence-corrected chi connectivity index (χ4v) is 10.9. The summed E-state index contributed by atoms with van der Waals surface area (Å²) in [6, 6.07) is 63.1. The Labute approximate surface area is 445 Å². The second kappa shape index (κ2) is 24.8. The lowest BCUT2D eigenvalue weighted by atomic mass is 9.74. The molecular formula is C64H64N6O6. The maximum atomic E-state index is 13.2. The van der Waals surface area contributed by atoms with Crippen molar-refractivity contribution in [1.82, 2.24) is 28.9 Å². The number of rotatable bonds is 16. The Morgan fingerprint density at radius 1 is 0.539 bits per heavy atom. The molecule has 2 aliphatic heterocycles. The zero-order chi connectivity index (χ0) is 52.7. The van der Waals surface area contributed by atoms with Gasteiger partial charge in [-0.15, -0.1) is 0 Å². The number of aromatic nitrogens is 4. The Balaban J connectivity index is 0.000000186. The second-order valence-corrected chi connectivity index (χ2v) is 18.8. The van der Waals surface area contributed by atoms with Gasteiger partial charge in [-0.2, -0.15) is 0 Å². The van der Waals surface area contributed by atoms with E-state index >= 15 is 0 Å². The molecule has 0 amide bonds. The fourth-order valence-electron chi connectivity index (χ4n) is 10.9. The Hall–Kier alpha value is -8.29. The van der Waals surface area contributed by atoms with Crippen LogP contribution in [-0.2, 0) is 48.0 Å². The van der Waals surface area contributed by atoms with Gasteiger partial charge < -0.3 is 23.7 Å². The number of likely N-dealkylation sites (tertiary alicyclic amines) is 2. The molecule has 4 heterocycles. The Kier molecular flexibility index (Phi) is 17.2. The molecule has 0 radical (unpaired) electrons. The van der Waals surface area contributed by atoms with E-state index in [4.69, 9.17) is 9.47 Å². The Morgan fingerprint density at radius 3 is 1.26 bits per heavy atom. The first-order valence-electron chi connectivity index (χ1n) is 26.0. The van der Waals surface area contributed by atoms with Gasteiger partial charge in [0.2, 0.25) is 0 Å². The molecule has 12 heteroatoms. The summed E-state index contributed by atoms with van der Waals surface area (Å²) in [6.45, 7) is 6.62. The number of nitrogens with zero attached hydrogens (tertiary/aromatic N) is 6. The topological polar surface area (TPSA) is 132 Å². The van der Waals surface area contributed by atoms with Crippen LogP contribution in [0.5, 0.6) is 0 Å². The van der Waals surface area contributed by atoms with E-state index in [1.165, 1.54) is 0 Å². The zero-order valence-electron chi connectivity index (χ0n) is 43.1. The minimum Gasteiger partial charge on any atom is -0.465 e. The third kappa shape index (κ3) is 11.3. The molecule has 0 bridgehead atoms. The lowest BCUT2D eigenvalue weighted by molar-refractivity contribution is -0.144. The lowest BCUT2D eigenvalue weighted by Gasteiger charge is -2.48. The molecule has 76 heavy (non-hydrogen) atoms. The van der Waals surface area contributed by atoms with Gasteiger partial charge in [-0.05, 0) is 71.4 Å². The number of hydrogen-bond donors (Lipinski definition) is 1. The minimum atomic E-state index is -0.607. The summed E-state index contributed by atoms with van der Waals surface area (Å²) >= 11 is 0. The summed E-state index contributed by atoms with van der Waals surface area (Å²) < 4.78 is 13.7. The number of ether oxygens (including phenoxy) is 2. The number of aliphatic hydroxyl groups is 1. The molecule has 2 aromatic heterocycles. The summed E-state index contributed by atoms with van der Waals surface area (Å²) in [5, 5.41) is 11.1. The third-order valence-electron chi connectivity index (χ3n) is 14.2. The maximum Gasteiger partial charge on any atom is 0.325 e. The van der Waals surface area contributed by atoms with Gasteiger partial charge in [0.25, 0.3) is 0 Å². The first-order valence-corrected chi connectivity index (χ1v) is 26.0. The van der Waals surface area contributed by atoms with Gasteiger partial charge in [-0.3, -0.25) is 24.2 Å². The SMILES string of the molecule is CCOC(=O)Cn1ccnc1/C=C1\CN(C(c2ccccc2)(c2ccccc2)c2ccccc2)CCC1=O.CCOC(=O)Cn1ccnc1/C=C1\CN(C(c2ccccc2)(c2ccccc2)c2ccccc2)CCC1O. The average Bonchev–Trinajstić information content (AvgIpc) is 4.19. The van der Waals surface area contributed by atoms with E-state index in [0.29, 0.717) is 69.5 Å². The molecule has 8 aromatic rings. The van der Waals surface area contributed by atoms with Crippen LogP contribution in [0.1, 0.15) is 71.7 Å². The van der Waals surface area contributed by atoms with Crippen LogP contribution in [0, 0.1) is 0 Å². The van der Waals surface area contributed by atoms with Crippen molar-refractivity contribution in [2.45, 2.75) is 57.0 Å². The van der Waals surface area contributed by atoms with Crippen LogP contribution in [0.4, 0.5) is 0 Å². The highest BCUT2D eigenvalue weighted by atomic mass is 16.5. The van der Waals surface area contributed by atoms with Crippen molar-refractivity contribution in [2.75, 3.05) is 39.4 Å². The molecule has 1 N–H and O–H groups in total. The normalized spacial score (nSPS) is 16.5. The quantitative estimate of drug-likeness (QED) is 0.0567. The van der Waals surface area contributed by atoms with Gasteiger partial charge in [-0.1, -0.05) is 182 Å². The largest absolute Gasteiger partial charge is 0.465 e. The van der Waals surface area contributed by atoms with Gasteiger partial charge in [-0.25, -0.2) is 9.97 Å². The monoisotopic (exact) mass is 1010 g/mol. The van der Waals surface area contributed by atoms with E-state index in [1.807, 2.05) is 48.6 Å². The highest BCUT2D eigenvalue weighted by molar-refractivity contribution is 6.00. The molecule has 1 unspecified atom stereocenters. The number of benzene rings is 6. The van der Waals surface area contributed by atoms with E-state index in [9.17, 15) is 19.5 Å². The van der Waals surface area contributed by atoms with Crippen molar-refractivity contribution in [1.29, 1.82) is 0 Å². The van der Waals surface area contributed by atoms with E-state index < -0.39 is 17.2 Å². The highest BCUT2D eigenvalue weighted by Crippen LogP contribution is 2.46. The number of hydrogen-bond acceptors (Lipinski definition) is 10. The number of esters is 2. The van der Waals surface area contributed by atoms with Crippen LogP contribution in [0.25, 0.3) is 12.2 Å². The molecule has 1 atom stereocenters. The first-order chi connectivity index (χ1) is 37.2. The number of Topliss-reactive ketones (excluding diaryl/α,β-unsaturated/α-hetero) is 1. The van der Waals surface area contributed by atoms with Gasteiger partial charge in [0, 0.05) is 63.0 Å². The van der Waals surface area contributed by atoms with Gasteiger partial charge in [0.05, 0.1) is 30.4 Å². The van der Waals surface area contributed by atoms with Crippen molar-refractivity contribution >= 4 is 29.9 Å². The van der Waals surface area contributed by atoms with Crippen molar-refractivity contribution in [3.05, 3.63) is 263 Å². The van der Waals surface area contributed by atoms with E-state index in [-0.39, 0.29) is 30.8 Å². The molecule has 6 aromatic carbocycles. The predicted molar refractivity (Wildman–Crippen MR) is 295 cm³/mol. The summed E-state index contributed by atoms with van der Waals surface area (Å²) in [5.41, 5.74) is 7.25. The van der Waals surface area contributed by atoms with Crippen LogP contribution in [0.3, 0.4) is 0 Å². The Morgan fingerprint density at radius 2 is 0.895 bits per heavy atom. The number of ketones is 1. The van der Waals surface area contributed by atoms with Gasteiger partial charge in [0.15, 0.2) is 5.78 Å². The van der Waals surface area contributed by atoms with Gasteiger partial charge >= 0.3 is 11.9 Å². The molecule has 2 aliphatic rings. The van der Waals surface area contributed by atoms with Gasteiger partial charge in [0.1, 0.15) is 24.7 Å². The molecule has 0 spiro atoms. The van der Waals surface area contributed by atoms with E-state index in [0.717, 1.165) is 39.0 Å². The number of carbonyl (C=O) groups is 3. The fraction of sp³-hybridized carbons (Fsp3) is 0.234. The van der Waals surface area contributed by atoms with Crippen molar-refractivity contribution in [3.8, 4) is 0 Å². The first kappa shape index (κ1) is 52.6. The van der Waals surface area contributed by atoms with Crippen molar-refractivity contribution in [3.63, 3.8) is 0 Å². The number of aliphatic hydroxyl groups excluding tert-OH is 1. The van der Waals surface area contributed by atoms with E-state index in [1.54, 1.807) is 47.8 Å². The molecule has 0 saturated carbocycles. The lowest BCUT2D eigenvalue weighted by Crippen LogP contribution is -2.52. The number of carbonyl (C=O) groups excluding carboxylic acids is 3.